The molecule has 1 aliphatic rings. The van der Waals surface area contributed by atoms with Crippen molar-refractivity contribution in [2.24, 2.45) is 5.92 Å². The predicted molar refractivity (Wildman–Crippen MR) is 42.6 cm³/mol. The van der Waals surface area contributed by atoms with E-state index in [0.29, 0.717) is 12.3 Å². The van der Waals surface area contributed by atoms with Gasteiger partial charge in [-0.3, -0.25) is 9.59 Å². The van der Waals surface area contributed by atoms with Gasteiger partial charge in [-0.1, -0.05) is 6.42 Å². The zero-order valence-corrected chi connectivity index (χ0v) is 6.82. The average Bonchev–Trinajstić information content (AvgIpc) is 1.81. The summed E-state index contributed by atoms with van der Waals surface area (Å²) >= 11 is 0. The first-order chi connectivity index (χ1) is 5.74. The summed E-state index contributed by atoms with van der Waals surface area (Å²) in [5.41, 5.74) is 0. The Bertz CT molecular complexity index is 177. The highest BCUT2D eigenvalue weighted by Gasteiger charge is 2.28. The summed E-state index contributed by atoms with van der Waals surface area (Å²) in [6, 6.07) is -0.159. The summed E-state index contributed by atoms with van der Waals surface area (Å²) in [7, 11) is 0. The molecule has 0 heterocycles. The topological polar surface area (TPSA) is 66.4 Å². The fraction of sp³-hybridized carbons (Fsp3) is 0.750. The first-order valence-corrected chi connectivity index (χ1v) is 4.15. The highest BCUT2D eigenvalue weighted by molar-refractivity contribution is 5.68. The van der Waals surface area contributed by atoms with Crippen molar-refractivity contribution in [2.75, 3.05) is 0 Å². The minimum Gasteiger partial charge on any atom is -0.481 e. The predicted octanol–water partition coefficient (Wildman–Crippen LogP) is 0.376. The van der Waals surface area contributed by atoms with Crippen molar-refractivity contribution in [1.29, 1.82) is 0 Å². The monoisotopic (exact) mass is 171 g/mol. The molecule has 68 valence electrons. The molecular formula is C8H13NO3. The van der Waals surface area contributed by atoms with Gasteiger partial charge in [-0.2, -0.15) is 0 Å². The Balaban J connectivity index is 2.36. The molecule has 0 radical (unpaired) electrons. The number of rotatable bonds is 5. The van der Waals surface area contributed by atoms with Crippen LogP contribution in [0.5, 0.6) is 0 Å². The molecule has 0 aromatic carbocycles. The normalized spacial score (nSPS) is 19.3. The van der Waals surface area contributed by atoms with Gasteiger partial charge >= 0.3 is 5.97 Å². The average molecular weight is 171 g/mol. The Morgan fingerprint density at radius 3 is 2.67 bits per heavy atom. The van der Waals surface area contributed by atoms with E-state index in [1.54, 1.807) is 0 Å². The molecule has 0 spiro atoms. The van der Waals surface area contributed by atoms with Crippen molar-refractivity contribution >= 4 is 12.4 Å². The van der Waals surface area contributed by atoms with E-state index in [1.807, 2.05) is 0 Å². The molecule has 0 aromatic rings. The van der Waals surface area contributed by atoms with E-state index in [4.69, 9.17) is 5.11 Å². The van der Waals surface area contributed by atoms with Crippen molar-refractivity contribution in [3.05, 3.63) is 0 Å². The first-order valence-electron chi connectivity index (χ1n) is 4.15. The van der Waals surface area contributed by atoms with Gasteiger partial charge in [0.2, 0.25) is 6.41 Å². The minimum absolute atomic E-state index is 0.0450. The molecule has 1 amide bonds. The van der Waals surface area contributed by atoms with Gasteiger partial charge in [-0.25, -0.2) is 0 Å². The molecule has 1 fully saturated rings. The van der Waals surface area contributed by atoms with Crippen molar-refractivity contribution < 1.29 is 14.7 Å². The summed E-state index contributed by atoms with van der Waals surface area (Å²) in [6.45, 7) is 0. The lowest BCUT2D eigenvalue weighted by Crippen LogP contribution is -2.40. The van der Waals surface area contributed by atoms with E-state index in [1.165, 1.54) is 0 Å². The second-order valence-corrected chi connectivity index (χ2v) is 3.18. The van der Waals surface area contributed by atoms with Crippen molar-refractivity contribution in [1.82, 2.24) is 5.32 Å². The summed E-state index contributed by atoms with van der Waals surface area (Å²) in [5, 5.41) is 11.1. The van der Waals surface area contributed by atoms with E-state index in [0.717, 1.165) is 19.3 Å². The molecular weight excluding hydrogens is 158 g/mol. The van der Waals surface area contributed by atoms with Gasteiger partial charge < -0.3 is 10.4 Å². The SMILES string of the molecule is O=CN[C@@H](CC(=O)O)C1CCC1. The van der Waals surface area contributed by atoms with E-state index in [-0.39, 0.29) is 12.5 Å². The number of hydrogen-bond acceptors (Lipinski definition) is 2. The summed E-state index contributed by atoms with van der Waals surface area (Å²) in [4.78, 5) is 20.5. The molecule has 0 bridgehead atoms. The molecule has 0 aliphatic heterocycles. The number of carbonyl (C=O) groups excluding carboxylic acids is 1. The summed E-state index contributed by atoms with van der Waals surface area (Å²) < 4.78 is 0. The van der Waals surface area contributed by atoms with Crippen LogP contribution in [-0.2, 0) is 9.59 Å². The van der Waals surface area contributed by atoms with Crippen molar-refractivity contribution in [3.8, 4) is 0 Å². The van der Waals surface area contributed by atoms with Gasteiger partial charge in [0.05, 0.1) is 6.42 Å². The third-order valence-electron chi connectivity index (χ3n) is 2.40. The lowest BCUT2D eigenvalue weighted by atomic mass is 9.78. The molecule has 1 atom stereocenters. The molecule has 2 N–H and O–H groups in total. The minimum atomic E-state index is -0.846. The Labute approximate surface area is 71.0 Å². The van der Waals surface area contributed by atoms with Gasteiger partial charge in [0, 0.05) is 6.04 Å². The smallest absolute Gasteiger partial charge is 0.305 e. The summed E-state index contributed by atoms with van der Waals surface area (Å²) in [5.74, 6) is -0.465. The Morgan fingerprint density at radius 1 is 1.67 bits per heavy atom. The first kappa shape index (κ1) is 9.03. The van der Waals surface area contributed by atoms with Crippen LogP contribution in [0, 0.1) is 5.92 Å². The maximum Gasteiger partial charge on any atom is 0.305 e. The Kier molecular flexibility index (Phi) is 3.08. The van der Waals surface area contributed by atoms with Crippen LogP contribution in [0.3, 0.4) is 0 Å². The highest BCUT2D eigenvalue weighted by atomic mass is 16.4. The van der Waals surface area contributed by atoms with E-state index in [9.17, 15) is 9.59 Å². The van der Waals surface area contributed by atoms with Crippen LogP contribution in [0.1, 0.15) is 25.7 Å². The third kappa shape index (κ3) is 2.22. The number of hydrogen-bond donors (Lipinski definition) is 2. The number of carboxylic acids is 1. The standard InChI is InChI=1S/C8H13NO3/c10-5-9-7(4-8(11)12)6-2-1-3-6/h5-7H,1-4H2,(H,9,10)(H,11,12)/t7-/m0/s1. The highest BCUT2D eigenvalue weighted by Crippen LogP contribution is 2.30. The van der Waals surface area contributed by atoms with Gasteiger partial charge in [0.15, 0.2) is 0 Å². The van der Waals surface area contributed by atoms with Crippen LogP contribution >= 0.6 is 0 Å². The van der Waals surface area contributed by atoms with Crippen LogP contribution in [0.15, 0.2) is 0 Å². The third-order valence-corrected chi connectivity index (χ3v) is 2.40. The molecule has 0 aromatic heterocycles. The molecule has 1 saturated carbocycles. The fourth-order valence-corrected chi connectivity index (χ4v) is 1.48. The number of aliphatic carboxylic acids is 1. The van der Waals surface area contributed by atoms with Crippen LogP contribution < -0.4 is 5.32 Å². The van der Waals surface area contributed by atoms with Crippen molar-refractivity contribution in [2.45, 2.75) is 31.7 Å². The molecule has 0 saturated heterocycles. The molecule has 4 nitrogen and oxygen atoms in total. The van der Waals surface area contributed by atoms with Gasteiger partial charge in [-0.15, -0.1) is 0 Å². The quantitative estimate of drug-likeness (QED) is 0.587. The van der Waals surface area contributed by atoms with E-state index < -0.39 is 5.97 Å². The van der Waals surface area contributed by atoms with Crippen LogP contribution in [-0.4, -0.2) is 23.5 Å². The molecule has 4 heteroatoms. The molecule has 12 heavy (non-hydrogen) atoms. The maximum absolute atomic E-state index is 10.4. The van der Waals surface area contributed by atoms with Gasteiger partial charge in [0.25, 0.3) is 0 Å². The summed E-state index contributed by atoms with van der Waals surface area (Å²) in [6.07, 6.45) is 3.87. The lowest BCUT2D eigenvalue weighted by Gasteiger charge is -2.32. The molecule has 0 unspecified atom stereocenters. The van der Waals surface area contributed by atoms with Crippen LogP contribution in [0.4, 0.5) is 0 Å². The van der Waals surface area contributed by atoms with E-state index >= 15 is 0 Å². The molecule has 1 rings (SSSR count). The maximum atomic E-state index is 10.4. The van der Waals surface area contributed by atoms with Crippen LogP contribution in [0.25, 0.3) is 0 Å². The number of nitrogens with one attached hydrogen (secondary N) is 1. The lowest BCUT2D eigenvalue weighted by molar-refractivity contribution is -0.138. The van der Waals surface area contributed by atoms with Gasteiger partial charge in [-0.05, 0) is 18.8 Å². The number of carboxylic acid groups (broad SMARTS) is 1. The van der Waals surface area contributed by atoms with E-state index in [2.05, 4.69) is 5.32 Å². The Hall–Kier alpha value is -1.06. The largest absolute Gasteiger partial charge is 0.481 e. The van der Waals surface area contributed by atoms with Gasteiger partial charge in [0.1, 0.15) is 0 Å². The van der Waals surface area contributed by atoms with Crippen LogP contribution in [0.2, 0.25) is 0 Å². The number of amides is 1. The zero-order valence-electron chi connectivity index (χ0n) is 6.82. The van der Waals surface area contributed by atoms with Crippen molar-refractivity contribution in [3.63, 3.8) is 0 Å². The zero-order chi connectivity index (χ0) is 8.97. The fourth-order valence-electron chi connectivity index (χ4n) is 1.48. The number of carbonyl (C=O) groups is 2. The Morgan fingerprint density at radius 2 is 2.33 bits per heavy atom. The second-order valence-electron chi connectivity index (χ2n) is 3.18. The molecule has 1 aliphatic carbocycles. The second kappa shape index (κ2) is 4.09.